The molecule has 0 heterocycles. The third-order valence-electron chi connectivity index (χ3n) is 1.93. The van der Waals surface area contributed by atoms with E-state index in [4.69, 9.17) is 16.2 Å². The van der Waals surface area contributed by atoms with Gasteiger partial charge in [0.05, 0.1) is 6.61 Å². The Morgan fingerprint density at radius 3 is 2.76 bits per heavy atom. The van der Waals surface area contributed by atoms with Gasteiger partial charge in [-0.1, -0.05) is 6.07 Å². The molecule has 0 bridgehead atoms. The number of hydrogen-bond donors (Lipinski definition) is 3. The van der Waals surface area contributed by atoms with Crippen molar-refractivity contribution in [3.63, 3.8) is 0 Å². The second-order valence-electron chi connectivity index (χ2n) is 3.33. The fourth-order valence-corrected chi connectivity index (χ4v) is 1.20. The summed E-state index contributed by atoms with van der Waals surface area (Å²) in [5.74, 6) is -0.847. The van der Waals surface area contributed by atoms with Gasteiger partial charge in [-0.25, -0.2) is 0 Å². The van der Waals surface area contributed by atoms with Crippen molar-refractivity contribution in [2.24, 2.45) is 11.5 Å². The molecule has 6 heteroatoms. The van der Waals surface area contributed by atoms with Gasteiger partial charge in [-0.05, 0) is 18.2 Å². The highest BCUT2D eigenvalue weighted by Gasteiger charge is 2.04. The minimum Gasteiger partial charge on any atom is -0.370 e. The maximum Gasteiger partial charge on any atom is 0.250 e. The monoisotopic (exact) mass is 237 g/mol. The highest BCUT2D eigenvalue weighted by molar-refractivity contribution is 5.96. The van der Waals surface area contributed by atoms with Crippen molar-refractivity contribution in [2.45, 2.75) is 0 Å². The van der Waals surface area contributed by atoms with Crippen molar-refractivity contribution in [3.8, 4) is 0 Å². The molecule has 1 aromatic rings. The largest absolute Gasteiger partial charge is 0.370 e. The molecule has 6 nitrogen and oxygen atoms in total. The lowest BCUT2D eigenvalue weighted by Gasteiger charge is -2.06. The number of primary amides is 1. The molecule has 0 aromatic heterocycles. The number of nitrogens with one attached hydrogen (secondary N) is 1. The molecule has 0 atom stereocenters. The van der Waals surface area contributed by atoms with Crippen LogP contribution in [0.15, 0.2) is 24.3 Å². The summed E-state index contributed by atoms with van der Waals surface area (Å²) in [5.41, 5.74) is 11.2. The van der Waals surface area contributed by atoms with Gasteiger partial charge < -0.3 is 21.5 Å². The van der Waals surface area contributed by atoms with Crippen LogP contribution in [-0.2, 0) is 9.53 Å². The first-order chi connectivity index (χ1) is 8.13. The number of carbonyl (C=O) groups is 2. The van der Waals surface area contributed by atoms with Crippen molar-refractivity contribution >= 4 is 17.5 Å². The van der Waals surface area contributed by atoms with Crippen LogP contribution in [0.2, 0.25) is 0 Å². The molecule has 0 aliphatic rings. The van der Waals surface area contributed by atoms with E-state index in [2.05, 4.69) is 5.32 Å². The molecular formula is C11H15N3O3. The lowest BCUT2D eigenvalue weighted by atomic mass is 10.2. The van der Waals surface area contributed by atoms with Gasteiger partial charge in [0.1, 0.15) is 6.61 Å². The lowest BCUT2D eigenvalue weighted by Crippen LogP contribution is -2.21. The average Bonchev–Trinajstić information content (AvgIpc) is 2.29. The summed E-state index contributed by atoms with van der Waals surface area (Å²) in [6.45, 7) is 0.622. The first kappa shape index (κ1) is 13.1. The molecule has 0 radical (unpaired) electrons. The van der Waals surface area contributed by atoms with E-state index in [1.807, 2.05) is 0 Å². The van der Waals surface area contributed by atoms with E-state index in [1.54, 1.807) is 18.2 Å². The molecule has 92 valence electrons. The van der Waals surface area contributed by atoms with Crippen LogP contribution in [0.25, 0.3) is 0 Å². The maximum absolute atomic E-state index is 11.4. The van der Waals surface area contributed by atoms with Gasteiger partial charge in [0.25, 0.3) is 0 Å². The van der Waals surface area contributed by atoms with Crippen molar-refractivity contribution in [3.05, 3.63) is 29.8 Å². The molecule has 1 rings (SSSR count). The predicted molar refractivity (Wildman–Crippen MR) is 63.5 cm³/mol. The number of nitrogens with two attached hydrogens (primary N) is 2. The third-order valence-corrected chi connectivity index (χ3v) is 1.93. The summed E-state index contributed by atoms with van der Waals surface area (Å²) in [7, 11) is 0. The van der Waals surface area contributed by atoms with Crippen LogP contribution >= 0.6 is 0 Å². The molecular weight excluding hydrogens is 222 g/mol. The first-order valence-electron chi connectivity index (χ1n) is 5.11. The molecule has 1 aromatic carbocycles. The third kappa shape index (κ3) is 4.62. The number of benzene rings is 1. The summed E-state index contributed by atoms with van der Waals surface area (Å²) in [6.07, 6.45) is 0. The standard InChI is InChI=1S/C11H15N3O3/c12-4-5-17-7-10(15)14-9-3-1-2-8(6-9)11(13)16/h1-3,6H,4-5,7,12H2,(H2,13,16)(H,14,15). The quantitative estimate of drug-likeness (QED) is 0.590. The average molecular weight is 237 g/mol. The molecule has 2 amide bonds. The van der Waals surface area contributed by atoms with Crippen molar-refractivity contribution in [1.82, 2.24) is 0 Å². The number of ether oxygens (including phenoxy) is 1. The lowest BCUT2D eigenvalue weighted by molar-refractivity contribution is -0.120. The highest BCUT2D eigenvalue weighted by Crippen LogP contribution is 2.09. The second kappa shape index (κ2) is 6.62. The molecule has 5 N–H and O–H groups in total. The molecule has 0 saturated carbocycles. The smallest absolute Gasteiger partial charge is 0.250 e. The van der Waals surface area contributed by atoms with E-state index in [1.165, 1.54) is 6.07 Å². The molecule has 0 saturated heterocycles. The Morgan fingerprint density at radius 1 is 1.35 bits per heavy atom. The van der Waals surface area contributed by atoms with E-state index in [0.717, 1.165) is 0 Å². The summed E-state index contributed by atoms with van der Waals surface area (Å²) in [4.78, 5) is 22.3. The van der Waals surface area contributed by atoms with Crippen LogP contribution in [0.3, 0.4) is 0 Å². The van der Waals surface area contributed by atoms with Gasteiger partial charge >= 0.3 is 0 Å². The number of amides is 2. The molecule has 17 heavy (non-hydrogen) atoms. The Kier molecular flexibility index (Phi) is 5.12. The van der Waals surface area contributed by atoms with Gasteiger partial charge in [0.15, 0.2) is 0 Å². The Bertz CT molecular complexity index is 407. The van der Waals surface area contributed by atoms with Crippen molar-refractivity contribution < 1.29 is 14.3 Å². The Morgan fingerprint density at radius 2 is 2.12 bits per heavy atom. The second-order valence-corrected chi connectivity index (χ2v) is 3.33. The van der Waals surface area contributed by atoms with E-state index < -0.39 is 5.91 Å². The number of rotatable bonds is 6. The van der Waals surface area contributed by atoms with E-state index in [-0.39, 0.29) is 12.5 Å². The van der Waals surface area contributed by atoms with Crippen LogP contribution in [0.5, 0.6) is 0 Å². The topological polar surface area (TPSA) is 107 Å². The van der Waals surface area contributed by atoms with Crippen LogP contribution < -0.4 is 16.8 Å². The van der Waals surface area contributed by atoms with Gasteiger partial charge in [-0.15, -0.1) is 0 Å². The van der Waals surface area contributed by atoms with Crippen LogP contribution in [0, 0.1) is 0 Å². The fraction of sp³-hybridized carbons (Fsp3) is 0.273. The molecule has 0 aliphatic carbocycles. The molecule has 0 fully saturated rings. The Hall–Kier alpha value is -1.92. The summed E-state index contributed by atoms with van der Waals surface area (Å²) < 4.78 is 4.97. The SMILES string of the molecule is NCCOCC(=O)Nc1cccc(C(N)=O)c1. The molecule has 0 spiro atoms. The van der Waals surface area contributed by atoms with Crippen LogP contribution in [-0.4, -0.2) is 31.6 Å². The summed E-state index contributed by atoms with van der Waals surface area (Å²) in [6, 6.07) is 6.37. The molecule has 0 unspecified atom stereocenters. The highest BCUT2D eigenvalue weighted by atomic mass is 16.5. The maximum atomic E-state index is 11.4. The minimum absolute atomic E-state index is 0.0714. The van der Waals surface area contributed by atoms with Crippen LogP contribution in [0.1, 0.15) is 10.4 Å². The van der Waals surface area contributed by atoms with E-state index in [9.17, 15) is 9.59 Å². The van der Waals surface area contributed by atoms with Gasteiger partial charge in [-0.3, -0.25) is 9.59 Å². The zero-order valence-corrected chi connectivity index (χ0v) is 9.31. The van der Waals surface area contributed by atoms with Crippen molar-refractivity contribution in [1.29, 1.82) is 0 Å². The van der Waals surface area contributed by atoms with E-state index >= 15 is 0 Å². The van der Waals surface area contributed by atoms with Crippen molar-refractivity contribution in [2.75, 3.05) is 25.1 Å². The Labute approximate surface area is 98.9 Å². The predicted octanol–water partition coefficient (Wildman–Crippen LogP) is -0.301. The zero-order chi connectivity index (χ0) is 12.7. The van der Waals surface area contributed by atoms with Crippen LogP contribution in [0.4, 0.5) is 5.69 Å². The molecule has 0 aliphatic heterocycles. The number of hydrogen-bond acceptors (Lipinski definition) is 4. The summed E-state index contributed by atoms with van der Waals surface area (Å²) in [5, 5.41) is 2.58. The fourth-order valence-electron chi connectivity index (χ4n) is 1.20. The van der Waals surface area contributed by atoms with Gasteiger partial charge in [-0.2, -0.15) is 0 Å². The zero-order valence-electron chi connectivity index (χ0n) is 9.31. The number of carbonyl (C=O) groups excluding carboxylic acids is 2. The van der Waals surface area contributed by atoms with Gasteiger partial charge in [0, 0.05) is 17.8 Å². The Balaban J connectivity index is 2.53. The summed E-state index contributed by atoms with van der Waals surface area (Å²) >= 11 is 0. The number of anilines is 1. The van der Waals surface area contributed by atoms with Gasteiger partial charge in [0.2, 0.25) is 11.8 Å². The normalized spacial score (nSPS) is 9.94. The minimum atomic E-state index is -0.541. The first-order valence-corrected chi connectivity index (χ1v) is 5.11. The van der Waals surface area contributed by atoms with E-state index in [0.29, 0.717) is 24.4 Å².